The second-order valence-corrected chi connectivity index (χ2v) is 3.25. The van der Waals surface area contributed by atoms with E-state index in [9.17, 15) is 4.79 Å². The zero-order valence-electron chi connectivity index (χ0n) is 7.27. The van der Waals surface area contributed by atoms with Gasteiger partial charge in [0.2, 0.25) is 0 Å². The van der Waals surface area contributed by atoms with Crippen molar-refractivity contribution in [1.29, 1.82) is 0 Å². The molecule has 3 heteroatoms. The highest BCUT2D eigenvalue weighted by atomic mass is 32.1. The summed E-state index contributed by atoms with van der Waals surface area (Å²) in [6, 6.07) is 7.98. The molecule has 0 aliphatic heterocycles. The predicted octanol–water partition coefficient (Wildman–Crippen LogP) is 2.08. The van der Waals surface area contributed by atoms with Crippen molar-refractivity contribution >= 4 is 19.1 Å². The minimum atomic E-state index is 0.483. The van der Waals surface area contributed by atoms with E-state index in [4.69, 9.17) is 0 Å². The van der Waals surface area contributed by atoms with Crippen molar-refractivity contribution in [3.63, 3.8) is 0 Å². The molecule has 2 nitrogen and oxygen atoms in total. The van der Waals surface area contributed by atoms with E-state index in [1.54, 1.807) is 0 Å². The summed E-state index contributed by atoms with van der Waals surface area (Å²) >= 11 is 4.19. The van der Waals surface area contributed by atoms with Crippen LogP contribution in [0.25, 0.3) is 0 Å². The first-order valence-corrected chi connectivity index (χ1v) is 4.61. The van der Waals surface area contributed by atoms with Crippen LogP contribution in [0.2, 0.25) is 0 Å². The summed E-state index contributed by atoms with van der Waals surface area (Å²) in [5.74, 6) is 0. The first-order valence-electron chi connectivity index (χ1n) is 4.16. The minimum Gasteiger partial charge on any atom is -0.468 e. The van der Waals surface area contributed by atoms with E-state index >= 15 is 0 Å². The molecule has 0 N–H and O–H groups in total. The molecule has 0 amide bonds. The summed E-state index contributed by atoms with van der Waals surface area (Å²) in [5.41, 5.74) is 1.24. The second-order valence-electron chi connectivity index (χ2n) is 2.74. The molecule has 0 saturated heterocycles. The summed E-state index contributed by atoms with van der Waals surface area (Å²) < 4.78 is 4.58. The highest BCUT2D eigenvalue weighted by molar-refractivity contribution is 7.80. The Kier molecular flexibility index (Phi) is 4.40. The third-order valence-electron chi connectivity index (χ3n) is 1.73. The molecule has 0 bridgehead atoms. The number of carbonyl (C=O) groups excluding carboxylic acids is 1. The van der Waals surface area contributed by atoms with Crippen molar-refractivity contribution in [2.75, 3.05) is 6.61 Å². The quantitative estimate of drug-likeness (QED) is 0.443. The van der Waals surface area contributed by atoms with Gasteiger partial charge in [0.25, 0.3) is 6.47 Å². The van der Waals surface area contributed by atoms with Crippen molar-refractivity contribution in [1.82, 2.24) is 0 Å². The average Bonchev–Trinajstić information content (AvgIpc) is 2.15. The molecule has 0 heterocycles. The van der Waals surface area contributed by atoms with Crippen LogP contribution in [0.15, 0.2) is 29.2 Å². The number of carbonyl (C=O) groups is 1. The minimum absolute atomic E-state index is 0.483. The zero-order chi connectivity index (χ0) is 9.52. The average molecular weight is 196 g/mol. The van der Waals surface area contributed by atoms with Gasteiger partial charge in [0, 0.05) is 4.90 Å². The van der Waals surface area contributed by atoms with Crippen LogP contribution >= 0.6 is 12.6 Å². The van der Waals surface area contributed by atoms with E-state index in [0.717, 1.165) is 17.7 Å². The number of hydrogen-bond acceptors (Lipinski definition) is 3. The summed E-state index contributed by atoms with van der Waals surface area (Å²) in [6.45, 7) is 0.975. The lowest BCUT2D eigenvalue weighted by atomic mass is 10.1. The SMILES string of the molecule is O=COCCCc1ccc(S)cc1. The number of ether oxygens (including phenoxy) is 1. The second kappa shape index (κ2) is 5.65. The van der Waals surface area contributed by atoms with Crippen LogP contribution in [0.3, 0.4) is 0 Å². The Morgan fingerprint density at radius 1 is 1.31 bits per heavy atom. The molecular formula is C10H12O2S. The molecule has 0 saturated carbocycles. The maximum Gasteiger partial charge on any atom is 0.293 e. The number of rotatable bonds is 5. The molecule has 0 radical (unpaired) electrons. The molecule has 0 unspecified atom stereocenters. The van der Waals surface area contributed by atoms with Crippen molar-refractivity contribution in [2.24, 2.45) is 0 Å². The number of benzene rings is 1. The van der Waals surface area contributed by atoms with Crippen molar-refractivity contribution < 1.29 is 9.53 Å². The normalized spacial score (nSPS) is 9.62. The molecule has 0 atom stereocenters. The largest absolute Gasteiger partial charge is 0.468 e. The lowest BCUT2D eigenvalue weighted by molar-refractivity contribution is -0.128. The Labute approximate surface area is 83.3 Å². The highest BCUT2D eigenvalue weighted by Gasteiger charge is 1.92. The monoisotopic (exact) mass is 196 g/mol. The number of aryl methyl sites for hydroxylation is 1. The fraction of sp³-hybridized carbons (Fsp3) is 0.300. The van der Waals surface area contributed by atoms with E-state index in [0.29, 0.717) is 13.1 Å². The van der Waals surface area contributed by atoms with Gasteiger partial charge < -0.3 is 4.74 Å². The Hall–Kier alpha value is -0.960. The third kappa shape index (κ3) is 3.99. The topological polar surface area (TPSA) is 26.3 Å². The van der Waals surface area contributed by atoms with Crippen molar-refractivity contribution in [3.05, 3.63) is 29.8 Å². The van der Waals surface area contributed by atoms with E-state index in [1.807, 2.05) is 24.3 Å². The van der Waals surface area contributed by atoms with Crippen LogP contribution in [0.4, 0.5) is 0 Å². The maximum absolute atomic E-state index is 9.83. The van der Waals surface area contributed by atoms with Gasteiger partial charge in [0.1, 0.15) is 0 Å². The van der Waals surface area contributed by atoms with Crippen LogP contribution in [-0.4, -0.2) is 13.1 Å². The molecule has 70 valence electrons. The lowest BCUT2D eigenvalue weighted by Gasteiger charge is -2.00. The summed E-state index contributed by atoms with van der Waals surface area (Å²) in [7, 11) is 0. The van der Waals surface area contributed by atoms with E-state index in [2.05, 4.69) is 17.4 Å². The number of thiol groups is 1. The molecule has 13 heavy (non-hydrogen) atoms. The lowest BCUT2D eigenvalue weighted by Crippen LogP contribution is -1.94. The molecule has 0 aliphatic rings. The van der Waals surface area contributed by atoms with Crippen molar-refractivity contribution in [3.8, 4) is 0 Å². The van der Waals surface area contributed by atoms with E-state index in [-0.39, 0.29) is 0 Å². The molecule has 0 aliphatic carbocycles. The van der Waals surface area contributed by atoms with Gasteiger partial charge in [-0.2, -0.15) is 0 Å². The van der Waals surface area contributed by atoms with Crippen LogP contribution < -0.4 is 0 Å². The maximum atomic E-state index is 9.83. The first-order chi connectivity index (χ1) is 6.33. The molecule has 0 spiro atoms. The molecule has 1 aromatic carbocycles. The van der Waals surface area contributed by atoms with Crippen molar-refractivity contribution in [2.45, 2.75) is 17.7 Å². The predicted molar refractivity (Wildman–Crippen MR) is 54.0 cm³/mol. The van der Waals surface area contributed by atoms with Gasteiger partial charge in [-0.15, -0.1) is 12.6 Å². The van der Waals surface area contributed by atoms with E-state index < -0.39 is 0 Å². The van der Waals surface area contributed by atoms with Gasteiger partial charge in [0.15, 0.2) is 0 Å². The van der Waals surface area contributed by atoms with Crippen LogP contribution in [-0.2, 0) is 16.0 Å². The molecular weight excluding hydrogens is 184 g/mol. The van der Waals surface area contributed by atoms with Gasteiger partial charge >= 0.3 is 0 Å². The molecule has 1 aromatic rings. The Balaban J connectivity index is 2.28. The van der Waals surface area contributed by atoms with Crippen LogP contribution in [0.1, 0.15) is 12.0 Å². The van der Waals surface area contributed by atoms with Gasteiger partial charge in [-0.3, -0.25) is 4.79 Å². The van der Waals surface area contributed by atoms with Crippen LogP contribution in [0.5, 0.6) is 0 Å². The summed E-state index contributed by atoms with van der Waals surface area (Å²) in [6.07, 6.45) is 1.80. The molecule has 0 fully saturated rings. The summed E-state index contributed by atoms with van der Waals surface area (Å²) in [5, 5.41) is 0. The smallest absolute Gasteiger partial charge is 0.293 e. The Bertz CT molecular complexity index is 256. The Morgan fingerprint density at radius 2 is 2.00 bits per heavy atom. The van der Waals surface area contributed by atoms with Gasteiger partial charge in [-0.05, 0) is 30.5 Å². The third-order valence-corrected chi connectivity index (χ3v) is 2.03. The van der Waals surface area contributed by atoms with Gasteiger partial charge in [-0.1, -0.05) is 12.1 Å². The number of hydrogen-bond donors (Lipinski definition) is 1. The van der Waals surface area contributed by atoms with Gasteiger partial charge in [0.05, 0.1) is 6.61 Å². The first kappa shape index (κ1) is 10.1. The van der Waals surface area contributed by atoms with E-state index in [1.165, 1.54) is 5.56 Å². The zero-order valence-corrected chi connectivity index (χ0v) is 8.17. The standard InChI is InChI=1S/C10H12O2S/c11-8-12-7-1-2-9-3-5-10(13)6-4-9/h3-6,8,13H,1-2,7H2. The molecule has 0 aromatic heterocycles. The summed E-state index contributed by atoms with van der Waals surface area (Å²) in [4.78, 5) is 10.8. The highest BCUT2D eigenvalue weighted by Crippen LogP contribution is 2.09. The van der Waals surface area contributed by atoms with Gasteiger partial charge in [-0.25, -0.2) is 0 Å². The Morgan fingerprint density at radius 3 is 2.62 bits per heavy atom. The fourth-order valence-electron chi connectivity index (χ4n) is 1.07. The fourth-order valence-corrected chi connectivity index (χ4v) is 1.22. The molecule has 1 rings (SSSR count). The van der Waals surface area contributed by atoms with Crippen LogP contribution in [0, 0.1) is 0 Å².